The molecule has 0 radical (unpaired) electrons. The first-order valence-corrected chi connectivity index (χ1v) is 7.94. The first-order chi connectivity index (χ1) is 10.3. The van der Waals surface area contributed by atoms with Crippen molar-refractivity contribution in [2.75, 3.05) is 13.7 Å². The van der Waals surface area contributed by atoms with Gasteiger partial charge >= 0.3 is 6.18 Å². The van der Waals surface area contributed by atoms with Crippen molar-refractivity contribution in [2.45, 2.75) is 75.9 Å². The molecule has 4 nitrogen and oxygen atoms in total. The second kappa shape index (κ2) is 7.17. The van der Waals surface area contributed by atoms with Gasteiger partial charge in [-0.25, -0.2) is 0 Å². The number of methoxy groups -OCH3 is 1. The molecule has 7 heteroatoms. The fraction of sp³-hybridized carbons (Fsp3) is 0.933. The van der Waals surface area contributed by atoms with Gasteiger partial charge in [0, 0.05) is 32.7 Å². The third-order valence-electron chi connectivity index (χ3n) is 4.84. The Morgan fingerprint density at radius 1 is 1.09 bits per heavy atom. The van der Waals surface area contributed by atoms with E-state index in [9.17, 15) is 18.0 Å². The monoisotopic (exact) mass is 322 g/mol. The number of nitrogens with one attached hydrogen (secondary N) is 1. The highest BCUT2D eigenvalue weighted by Crippen LogP contribution is 2.32. The molecule has 1 saturated heterocycles. The van der Waals surface area contributed by atoms with Crippen LogP contribution in [0.25, 0.3) is 0 Å². The summed E-state index contributed by atoms with van der Waals surface area (Å²) in [4.78, 5) is 12.5. The molecule has 1 saturated carbocycles. The molecule has 1 amide bonds. The Morgan fingerprint density at radius 2 is 1.68 bits per heavy atom. The van der Waals surface area contributed by atoms with Gasteiger partial charge in [-0.1, -0.05) is 0 Å². The lowest BCUT2D eigenvalue weighted by Crippen LogP contribution is -2.58. The van der Waals surface area contributed by atoms with E-state index in [1.807, 2.05) is 0 Å². The second-order valence-electron chi connectivity index (χ2n) is 6.38. The molecule has 0 aromatic rings. The Morgan fingerprint density at radius 3 is 2.18 bits per heavy atom. The number of rotatable bonds is 3. The number of carbonyl (C=O) groups is 1. The van der Waals surface area contributed by atoms with Crippen LogP contribution >= 0.6 is 0 Å². The number of hydrogen-bond acceptors (Lipinski definition) is 3. The summed E-state index contributed by atoms with van der Waals surface area (Å²) in [5.74, 6) is -0.503. The summed E-state index contributed by atoms with van der Waals surface area (Å²) < 4.78 is 44.3. The highest BCUT2D eigenvalue weighted by Gasteiger charge is 2.47. The zero-order valence-electron chi connectivity index (χ0n) is 13.2. The van der Waals surface area contributed by atoms with E-state index in [4.69, 9.17) is 4.74 Å². The first-order valence-electron chi connectivity index (χ1n) is 7.94. The van der Waals surface area contributed by atoms with Crippen molar-refractivity contribution in [1.82, 2.24) is 10.2 Å². The van der Waals surface area contributed by atoms with Gasteiger partial charge in [-0.2, -0.15) is 13.2 Å². The van der Waals surface area contributed by atoms with Crippen molar-refractivity contribution in [1.29, 1.82) is 0 Å². The number of ether oxygens (including phenoxy) is 1. The van der Waals surface area contributed by atoms with Crippen molar-refractivity contribution in [2.24, 2.45) is 0 Å². The molecule has 0 spiro atoms. The molecule has 2 aliphatic rings. The molecule has 2 rings (SSSR count). The predicted octanol–water partition coefficient (Wildman–Crippen LogP) is 2.48. The lowest BCUT2D eigenvalue weighted by Gasteiger charge is -2.42. The summed E-state index contributed by atoms with van der Waals surface area (Å²) in [6.07, 6.45) is 0.285. The van der Waals surface area contributed by atoms with E-state index in [1.165, 1.54) is 6.92 Å². The third-order valence-corrected chi connectivity index (χ3v) is 4.84. The topological polar surface area (TPSA) is 41.6 Å². The number of likely N-dealkylation sites (tertiary alicyclic amines) is 1. The van der Waals surface area contributed by atoms with Crippen LogP contribution in [0, 0.1) is 0 Å². The molecule has 0 aromatic heterocycles. The molecule has 2 unspecified atom stereocenters. The van der Waals surface area contributed by atoms with Gasteiger partial charge in [-0.15, -0.1) is 0 Å². The first kappa shape index (κ1) is 17.5. The van der Waals surface area contributed by atoms with Gasteiger partial charge in [-0.05, 0) is 38.5 Å². The Bertz CT molecular complexity index is 381. The number of nitrogens with zero attached hydrogens (tertiary/aromatic N) is 1. The van der Waals surface area contributed by atoms with E-state index in [0.29, 0.717) is 18.6 Å². The summed E-state index contributed by atoms with van der Waals surface area (Å²) in [5.41, 5.74) is 0. The highest BCUT2D eigenvalue weighted by atomic mass is 19.4. The normalized spacial score (nSPS) is 33.8. The number of alkyl halides is 3. The Kier molecular flexibility index (Phi) is 5.71. The van der Waals surface area contributed by atoms with E-state index in [-0.39, 0.29) is 19.0 Å². The fourth-order valence-corrected chi connectivity index (χ4v) is 3.59. The number of halogens is 3. The lowest BCUT2D eigenvalue weighted by molar-refractivity contribution is -0.196. The third kappa shape index (κ3) is 4.35. The molecule has 1 heterocycles. The van der Waals surface area contributed by atoms with Gasteiger partial charge < -0.3 is 15.0 Å². The number of piperidine rings is 1. The molecule has 128 valence electrons. The van der Waals surface area contributed by atoms with E-state index in [2.05, 4.69) is 5.32 Å². The summed E-state index contributed by atoms with van der Waals surface area (Å²) in [6.45, 7) is 1.36. The Labute approximate surface area is 129 Å². The maximum Gasteiger partial charge on any atom is 0.408 e. The number of hydrogen-bond donors (Lipinski definition) is 1. The molecule has 0 bridgehead atoms. The van der Waals surface area contributed by atoms with Gasteiger partial charge in [0.15, 0.2) is 0 Å². The molecule has 0 aromatic carbocycles. The van der Waals surface area contributed by atoms with Crippen LogP contribution < -0.4 is 5.32 Å². The van der Waals surface area contributed by atoms with E-state index in [0.717, 1.165) is 30.6 Å². The summed E-state index contributed by atoms with van der Waals surface area (Å²) in [6, 6.07) is -1.37. The number of carbonyl (C=O) groups excluding carboxylic acids is 1. The van der Waals surface area contributed by atoms with Crippen molar-refractivity contribution >= 4 is 5.91 Å². The van der Waals surface area contributed by atoms with Gasteiger partial charge in [0.25, 0.3) is 0 Å². The van der Waals surface area contributed by atoms with Crippen molar-refractivity contribution in [3.8, 4) is 0 Å². The van der Waals surface area contributed by atoms with Gasteiger partial charge in [0.1, 0.15) is 6.04 Å². The van der Waals surface area contributed by atoms with Crippen molar-refractivity contribution in [3.05, 3.63) is 0 Å². The average molecular weight is 322 g/mol. The van der Waals surface area contributed by atoms with Crippen LogP contribution in [0.4, 0.5) is 13.2 Å². The summed E-state index contributed by atoms with van der Waals surface area (Å²) in [7, 11) is 1.71. The second-order valence-corrected chi connectivity index (χ2v) is 6.38. The Hall–Kier alpha value is -0.820. The molecule has 1 aliphatic heterocycles. The molecular weight excluding hydrogens is 297 g/mol. The molecule has 1 N–H and O–H groups in total. The lowest BCUT2D eigenvalue weighted by atomic mass is 9.90. The predicted molar refractivity (Wildman–Crippen MR) is 76.4 cm³/mol. The molecule has 22 heavy (non-hydrogen) atoms. The maximum absolute atomic E-state index is 13.0. The molecule has 2 fully saturated rings. The molecule has 1 aliphatic carbocycles. The highest BCUT2D eigenvalue weighted by molar-refractivity contribution is 5.74. The minimum Gasteiger partial charge on any atom is -0.381 e. The van der Waals surface area contributed by atoms with Gasteiger partial charge in [0.2, 0.25) is 5.91 Å². The van der Waals surface area contributed by atoms with Crippen molar-refractivity contribution < 1.29 is 22.7 Å². The SMILES string of the molecule is COC1CCC(NC2CCC(C(F)(F)F)N(C(C)=O)C2)CC1. The average Bonchev–Trinajstić information content (AvgIpc) is 2.47. The zero-order chi connectivity index (χ0) is 16.3. The Balaban J connectivity index is 1.88. The minimum absolute atomic E-state index is 0.0197. The van der Waals surface area contributed by atoms with Crippen LogP contribution in [0.1, 0.15) is 45.4 Å². The maximum atomic E-state index is 13.0. The number of amides is 1. The smallest absolute Gasteiger partial charge is 0.381 e. The summed E-state index contributed by atoms with van der Waals surface area (Å²) >= 11 is 0. The largest absolute Gasteiger partial charge is 0.408 e. The minimum atomic E-state index is -4.34. The van der Waals surface area contributed by atoms with E-state index in [1.54, 1.807) is 7.11 Å². The van der Waals surface area contributed by atoms with Crippen LogP contribution in [-0.4, -0.2) is 54.9 Å². The van der Waals surface area contributed by atoms with Gasteiger partial charge in [-0.3, -0.25) is 4.79 Å². The van der Waals surface area contributed by atoms with Gasteiger partial charge in [0.05, 0.1) is 6.10 Å². The van der Waals surface area contributed by atoms with Crippen LogP contribution in [0.5, 0.6) is 0 Å². The summed E-state index contributed by atoms with van der Waals surface area (Å²) in [5, 5.41) is 3.44. The fourth-order valence-electron chi connectivity index (χ4n) is 3.59. The zero-order valence-corrected chi connectivity index (χ0v) is 13.2. The molecular formula is C15H25F3N2O2. The van der Waals surface area contributed by atoms with Crippen molar-refractivity contribution in [3.63, 3.8) is 0 Å². The standard InChI is InChI=1S/C15H25F3N2O2/c1-10(21)20-9-12(5-8-14(20)15(16,17)18)19-11-3-6-13(22-2)7-4-11/h11-14,19H,3-9H2,1-2H3. The quantitative estimate of drug-likeness (QED) is 0.868. The van der Waals surface area contributed by atoms with E-state index < -0.39 is 18.1 Å². The van der Waals surface area contributed by atoms with Crippen LogP contribution in [0.3, 0.4) is 0 Å². The van der Waals surface area contributed by atoms with Crippen LogP contribution in [0.2, 0.25) is 0 Å². The van der Waals surface area contributed by atoms with Crippen LogP contribution in [0.15, 0.2) is 0 Å². The molecule has 2 atom stereocenters. The van der Waals surface area contributed by atoms with E-state index >= 15 is 0 Å². The van der Waals surface area contributed by atoms with Crippen LogP contribution in [-0.2, 0) is 9.53 Å².